The number of likely N-dealkylation sites (tertiary alicyclic amines) is 1. The van der Waals surface area contributed by atoms with Gasteiger partial charge in [0.2, 0.25) is 5.91 Å². The monoisotopic (exact) mass is 332 g/mol. The summed E-state index contributed by atoms with van der Waals surface area (Å²) in [6.45, 7) is 5.85. The molecule has 0 unspecified atom stereocenters. The Morgan fingerprint density at radius 3 is 2.71 bits per heavy atom. The first kappa shape index (κ1) is 17.3. The largest absolute Gasteiger partial charge is 0.381 e. The summed E-state index contributed by atoms with van der Waals surface area (Å²) < 4.78 is 5.44. The number of hydrogen-bond donors (Lipinski definition) is 1. The summed E-state index contributed by atoms with van der Waals surface area (Å²) in [7, 11) is 0. The number of nitrogens with one attached hydrogen (secondary N) is 1. The van der Waals surface area contributed by atoms with Crippen LogP contribution >= 0.6 is 0 Å². The second-order valence-electron chi connectivity index (χ2n) is 6.96. The predicted octanol–water partition coefficient (Wildman–Crippen LogP) is 1.41. The van der Waals surface area contributed by atoms with Crippen LogP contribution in [0.2, 0.25) is 0 Å². The van der Waals surface area contributed by atoms with Gasteiger partial charge in [0.25, 0.3) is 0 Å². The highest BCUT2D eigenvalue weighted by Crippen LogP contribution is 2.23. The first-order chi connectivity index (χ1) is 11.7. The molecule has 24 heavy (non-hydrogen) atoms. The second kappa shape index (κ2) is 8.53. The standard InChI is InChI=1S/C18H28N4O2/c1-14(12-16-13-19-6-7-20-16)21-18(23)15-2-8-22(9-3-15)17-4-10-24-11-5-17/h6-7,13-15,17H,2-5,8-12H2,1H3,(H,21,23)/t14-/m1/s1. The maximum atomic E-state index is 12.5. The number of ether oxygens (including phenoxy) is 1. The van der Waals surface area contributed by atoms with Gasteiger partial charge in [0.1, 0.15) is 0 Å². The second-order valence-corrected chi connectivity index (χ2v) is 6.96. The van der Waals surface area contributed by atoms with E-state index in [0.29, 0.717) is 6.04 Å². The fourth-order valence-electron chi connectivity index (χ4n) is 3.74. The third-order valence-electron chi connectivity index (χ3n) is 5.13. The molecular formula is C18H28N4O2. The summed E-state index contributed by atoms with van der Waals surface area (Å²) in [6, 6.07) is 0.737. The van der Waals surface area contributed by atoms with Gasteiger partial charge in [0.05, 0.1) is 5.69 Å². The average molecular weight is 332 g/mol. The molecule has 0 saturated carbocycles. The van der Waals surface area contributed by atoms with Crippen LogP contribution in [0.15, 0.2) is 18.6 Å². The Bertz CT molecular complexity index is 511. The minimum absolute atomic E-state index is 0.0859. The molecule has 2 fully saturated rings. The maximum absolute atomic E-state index is 12.5. The molecule has 132 valence electrons. The van der Waals surface area contributed by atoms with Gasteiger partial charge in [0, 0.05) is 56.2 Å². The molecule has 1 atom stereocenters. The SMILES string of the molecule is C[C@H](Cc1cnccn1)NC(=O)C1CCN(C2CCOCC2)CC1. The first-order valence-electron chi connectivity index (χ1n) is 9.09. The Balaban J connectivity index is 1.41. The van der Waals surface area contributed by atoms with Crippen molar-refractivity contribution in [3.63, 3.8) is 0 Å². The van der Waals surface area contributed by atoms with Gasteiger partial charge >= 0.3 is 0 Å². The topological polar surface area (TPSA) is 67.4 Å². The molecule has 6 heteroatoms. The van der Waals surface area contributed by atoms with Crippen LogP contribution in [-0.4, -0.2) is 59.2 Å². The van der Waals surface area contributed by atoms with Crippen molar-refractivity contribution in [2.75, 3.05) is 26.3 Å². The highest BCUT2D eigenvalue weighted by molar-refractivity contribution is 5.79. The zero-order valence-corrected chi connectivity index (χ0v) is 14.5. The molecule has 3 heterocycles. The molecule has 1 N–H and O–H groups in total. The number of nitrogens with zero attached hydrogens (tertiary/aromatic N) is 3. The molecule has 1 aromatic heterocycles. The van der Waals surface area contributed by atoms with E-state index >= 15 is 0 Å². The van der Waals surface area contributed by atoms with E-state index in [-0.39, 0.29) is 17.9 Å². The van der Waals surface area contributed by atoms with E-state index in [0.717, 1.165) is 64.1 Å². The lowest BCUT2D eigenvalue weighted by atomic mass is 9.93. The number of piperidine rings is 1. The zero-order chi connectivity index (χ0) is 16.8. The molecule has 6 nitrogen and oxygen atoms in total. The Morgan fingerprint density at radius 2 is 2.04 bits per heavy atom. The molecule has 0 spiro atoms. The van der Waals surface area contributed by atoms with Gasteiger partial charge in [-0.05, 0) is 45.7 Å². The molecule has 0 aromatic carbocycles. The van der Waals surface area contributed by atoms with Gasteiger partial charge in [-0.2, -0.15) is 0 Å². The third kappa shape index (κ3) is 4.74. The number of carbonyl (C=O) groups is 1. The molecule has 3 rings (SSSR count). The molecule has 2 aliphatic rings. The number of carbonyl (C=O) groups excluding carboxylic acids is 1. The van der Waals surface area contributed by atoms with E-state index in [4.69, 9.17) is 4.74 Å². The first-order valence-corrected chi connectivity index (χ1v) is 9.09. The Labute approximate surface area is 144 Å². The van der Waals surface area contributed by atoms with Crippen LogP contribution < -0.4 is 5.32 Å². The Kier molecular flexibility index (Phi) is 6.15. The molecule has 1 amide bonds. The summed E-state index contributed by atoms with van der Waals surface area (Å²) in [5.74, 6) is 0.336. The van der Waals surface area contributed by atoms with Crippen molar-refractivity contribution in [3.8, 4) is 0 Å². The minimum atomic E-state index is 0.0859. The molecule has 2 aliphatic heterocycles. The minimum Gasteiger partial charge on any atom is -0.381 e. The quantitative estimate of drug-likeness (QED) is 0.883. The molecule has 0 aliphatic carbocycles. The lowest BCUT2D eigenvalue weighted by Crippen LogP contribution is -2.47. The predicted molar refractivity (Wildman–Crippen MR) is 91.5 cm³/mol. The van der Waals surface area contributed by atoms with Crippen LogP contribution in [0.1, 0.15) is 38.3 Å². The van der Waals surface area contributed by atoms with Crippen LogP contribution in [0.5, 0.6) is 0 Å². The van der Waals surface area contributed by atoms with Crippen molar-refractivity contribution in [1.82, 2.24) is 20.2 Å². The van der Waals surface area contributed by atoms with Gasteiger partial charge in [-0.1, -0.05) is 0 Å². The molecule has 2 saturated heterocycles. The van der Waals surface area contributed by atoms with E-state index in [2.05, 4.69) is 20.2 Å². The Hall–Kier alpha value is -1.53. The van der Waals surface area contributed by atoms with Crippen LogP contribution in [-0.2, 0) is 16.0 Å². The number of hydrogen-bond acceptors (Lipinski definition) is 5. The molecule has 0 radical (unpaired) electrons. The third-order valence-corrected chi connectivity index (χ3v) is 5.13. The highest BCUT2D eigenvalue weighted by atomic mass is 16.5. The van der Waals surface area contributed by atoms with Gasteiger partial charge in [-0.15, -0.1) is 0 Å². The van der Waals surface area contributed by atoms with Gasteiger partial charge in [0.15, 0.2) is 0 Å². The van der Waals surface area contributed by atoms with Crippen LogP contribution in [0.3, 0.4) is 0 Å². The fourth-order valence-corrected chi connectivity index (χ4v) is 3.74. The smallest absolute Gasteiger partial charge is 0.223 e. The van der Waals surface area contributed by atoms with E-state index in [9.17, 15) is 4.79 Å². The summed E-state index contributed by atoms with van der Waals surface area (Å²) in [5, 5.41) is 3.15. The van der Waals surface area contributed by atoms with Crippen LogP contribution in [0.25, 0.3) is 0 Å². The zero-order valence-electron chi connectivity index (χ0n) is 14.5. The number of amides is 1. The highest BCUT2D eigenvalue weighted by Gasteiger charge is 2.29. The maximum Gasteiger partial charge on any atom is 0.223 e. The van der Waals surface area contributed by atoms with Gasteiger partial charge in [-0.25, -0.2) is 0 Å². The lowest BCUT2D eigenvalue weighted by molar-refractivity contribution is -0.127. The van der Waals surface area contributed by atoms with Crippen molar-refractivity contribution in [1.29, 1.82) is 0 Å². The molecular weight excluding hydrogens is 304 g/mol. The fraction of sp³-hybridized carbons (Fsp3) is 0.722. The van der Waals surface area contributed by atoms with Crippen molar-refractivity contribution < 1.29 is 9.53 Å². The molecule has 0 bridgehead atoms. The normalized spacial score (nSPS) is 22.2. The van der Waals surface area contributed by atoms with Gasteiger partial charge in [-0.3, -0.25) is 14.8 Å². The van der Waals surface area contributed by atoms with Crippen molar-refractivity contribution >= 4 is 5.91 Å². The van der Waals surface area contributed by atoms with Crippen molar-refractivity contribution in [2.45, 2.75) is 51.1 Å². The lowest BCUT2D eigenvalue weighted by Gasteiger charge is -2.39. The summed E-state index contributed by atoms with van der Waals surface area (Å²) in [6.07, 6.45) is 10.0. The van der Waals surface area contributed by atoms with E-state index in [1.165, 1.54) is 0 Å². The summed E-state index contributed by atoms with van der Waals surface area (Å²) in [4.78, 5) is 23.4. The van der Waals surface area contributed by atoms with Crippen LogP contribution in [0, 0.1) is 5.92 Å². The van der Waals surface area contributed by atoms with Crippen LogP contribution in [0.4, 0.5) is 0 Å². The van der Waals surface area contributed by atoms with Crippen molar-refractivity contribution in [3.05, 3.63) is 24.3 Å². The van der Waals surface area contributed by atoms with E-state index in [1.807, 2.05) is 6.92 Å². The van der Waals surface area contributed by atoms with E-state index in [1.54, 1.807) is 18.6 Å². The number of rotatable bonds is 5. The van der Waals surface area contributed by atoms with Crippen molar-refractivity contribution in [2.24, 2.45) is 5.92 Å². The van der Waals surface area contributed by atoms with E-state index < -0.39 is 0 Å². The Morgan fingerprint density at radius 1 is 1.29 bits per heavy atom. The van der Waals surface area contributed by atoms with Gasteiger partial charge < -0.3 is 15.0 Å². The average Bonchev–Trinajstić information content (AvgIpc) is 2.63. The number of aromatic nitrogens is 2. The summed E-state index contributed by atoms with van der Waals surface area (Å²) >= 11 is 0. The molecule has 1 aromatic rings. The summed E-state index contributed by atoms with van der Waals surface area (Å²) in [5.41, 5.74) is 0.916.